The third-order valence-corrected chi connectivity index (χ3v) is 3.29. The second kappa shape index (κ2) is 4.52. The quantitative estimate of drug-likeness (QED) is 0.578. The molecule has 4 nitrogen and oxygen atoms in total. The van der Waals surface area contributed by atoms with Gasteiger partial charge in [-0.25, -0.2) is 9.59 Å². The molecule has 0 aromatic rings. The van der Waals surface area contributed by atoms with Crippen LogP contribution in [-0.4, -0.2) is 36.5 Å². The molecule has 0 spiro atoms. The van der Waals surface area contributed by atoms with Gasteiger partial charge in [0.15, 0.2) is 0 Å². The molecular formula is C10H8F6O4. The first-order chi connectivity index (χ1) is 9.00. The van der Waals surface area contributed by atoms with E-state index in [9.17, 15) is 35.9 Å². The first-order valence-electron chi connectivity index (χ1n) is 5.55. The molecule has 4 atom stereocenters. The summed E-state index contributed by atoms with van der Waals surface area (Å²) >= 11 is 0. The van der Waals surface area contributed by atoms with Crippen molar-refractivity contribution in [1.82, 2.24) is 0 Å². The summed E-state index contributed by atoms with van der Waals surface area (Å²) in [5, 5.41) is 0. The summed E-state index contributed by atoms with van der Waals surface area (Å²) in [6, 6.07) is 0. The summed E-state index contributed by atoms with van der Waals surface area (Å²) < 4.78 is 80.4. The van der Waals surface area contributed by atoms with E-state index in [0.717, 1.165) is 0 Å². The van der Waals surface area contributed by atoms with Crippen LogP contribution in [0.15, 0.2) is 0 Å². The molecule has 0 unspecified atom stereocenters. The van der Waals surface area contributed by atoms with Gasteiger partial charge in [-0.2, -0.15) is 26.3 Å². The molecule has 0 N–H and O–H groups in total. The molecule has 2 fully saturated rings. The van der Waals surface area contributed by atoms with Crippen molar-refractivity contribution < 1.29 is 45.4 Å². The molecule has 2 aliphatic rings. The number of hydrogen-bond donors (Lipinski definition) is 0. The van der Waals surface area contributed by atoms with Gasteiger partial charge in [0.05, 0.1) is 0 Å². The lowest BCUT2D eigenvalue weighted by Crippen LogP contribution is -2.33. The van der Waals surface area contributed by atoms with Crippen molar-refractivity contribution in [3.8, 4) is 0 Å². The standard InChI is InChI=1S/C10H8F6O4/c11-9(12,13)7(17)19-5-2-6(4-1-3(4)5)20-8(18)10(14,15)16/h3-6H,1-2H2/t3-,4+,5+,6-. The molecule has 0 bridgehead atoms. The van der Waals surface area contributed by atoms with Crippen LogP contribution in [0.5, 0.6) is 0 Å². The highest BCUT2D eigenvalue weighted by molar-refractivity contribution is 5.76. The van der Waals surface area contributed by atoms with Crippen LogP contribution in [0, 0.1) is 11.8 Å². The van der Waals surface area contributed by atoms with Gasteiger partial charge in [0, 0.05) is 18.3 Å². The van der Waals surface area contributed by atoms with Gasteiger partial charge >= 0.3 is 24.3 Å². The molecule has 10 heteroatoms. The number of carbonyl (C=O) groups excluding carboxylic acids is 2. The first kappa shape index (κ1) is 14.9. The molecule has 0 radical (unpaired) electrons. The maximum absolute atomic E-state index is 12.0. The second-order valence-corrected chi connectivity index (χ2v) is 4.68. The largest absolute Gasteiger partial charge is 0.490 e. The normalized spacial score (nSPS) is 32.5. The second-order valence-electron chi connectivity index (χ2n) is 4.68. The van der Waals surface area contributed by atoms with Crippen molar-refractivity contribution in [2.75, 3.05) is 0 Å². The molecule has 0 aromatic carbocycles. The molecule has 0 aromatic heterocycles. The monoisotopic (exact) mass is 306 g/mol. The summed E-state index contributed by atoms with van der Waals surface area (Å²) in [6.07, 6.45) is -12.7. The lowest BCUT2D eigenvalue weighted by atomic mass is 10.2. The summed E-state index contributed by atoms with van der Waals surface area (Å²) in [7, 11) is 0. The Hall–Kier alpha value is -1.48. The Morgan fingerprint density at radius 1 is 0.750 bits per heavy atom. The van der Waals surface area contributed by atoms with Crippen LogP contribution < -0.4 is 0 Å². The van der Waals surface area contributed by atoms with Crippen LogP contribution in [0.25, 0.3) is 0 Å². The minimum absolute atomic E-state index is 0.269. The number of esters is 2. The zero-order valence-electron chi connectivity index (χ0n) is 9.62. The first-order valence-corrected chi connectivity index (χ1v) is 5.55. The summed E-state index contributed by atoms with van der Waals surface area (Å²) in [5.41, 5.74) is 0. The molecule has 2 aliphatic carbocycles. The zero-order chi connectivity index (χ0) is 15.3. The van der Waals surface area contributed by atoms with E-state index in [0.29, 0.717) is 0 Å². The summed E-state index contributed by atoms with van der Waals surface area (Å²) in [5.74, 6) is -5.74. The highest BCUT2D eigenvalue weighted by atomic mass is 19.4. The predicted molar refractivity (Wildman–Crippen MR) is 48.1 cm³/mol. The minimum atomic E-state index is -5.16. The summed E-state index contributed by atoms with van der Waals surface area (Å²) in [6.45, 7) is 0. The number of hydrogen-bond acceptors (Lipinski definition) is 4. The fraction of sp³-hybridized carbons (Fsp3) is 0.800. The van der Waals surface area contributed by atoms with Gasteiger partial charge in [0.2, 0.25) is 0 Å². The Morgan fingerprint density at radius 2 is 1.10 bits per heavy atom. The molecule has 0 saturated heterocycles. The molecular weight excluding hydrogens is 298 g/mol. The highest BCUT2D eigenvalue weighted by Crippen LogP contribution is 2.54. The smallest absolute Gasteiger partial charge is 0.455 e. The third kappa shape index (κ3) is 2.98. The number of fused-ring (bicyclic) bond motifs is 1. The van der Waals surface area contributed by atoms with Gasteiger partial charge in [0.25, 0.3) is 0 Å². The number of halogens is 6. The predicted octanol–water partition coefficient (Wildman–Crippen LogP) is 1.97. The maximum Gasteiger partial charge on any atom is 0.490 e. The number of carbonyl (C=O) groups is 2. The number of alkyl halides is 6. The Morgan fingerprint density at radius 3 is 1.40 bits per heavy atom. The molecule has 20 heavy (non-hydrogen) atoms. The Labute approximate surface area is 108 Å². The third-order valence-electron chi connectivity index (χ3n) is 3.29. The van der Waals surface area contributed by atoms with Gasteiger partial charge in [-0.3, -0.25) is 0 Å². The molecule has 2 rings (SSSR count). The highest BCUT2D eigenvalue weighted by Gasteiger charge is 2.60. The Kier molecular flexibility index (Phi) is 3.37. The molecule has 2 saturated carbocycles. The van der Waals surface area contributed by atoms with Gasteiger partial charge < -0.3 is 9.47 Å². The van der Waals surface area contributed by atoms with Crippen molar-refractivity contribution in [2.24, 2.45) is 11.8 Å². The fourth-order valence-corrected chi connectivity index (χ4v) is 2.35. The SMILES string of the molecule is O=C(O[C@H]1C[C@@H](OC(=O)C(F)(F)F)[C@H]2C[C@H]21)C(F)(F)F. The average molecular weight is 306 g/mol. The Bertz CT molecular complexity index is 390. The lowest BCUT2D eigenvalue weighted by molar-refractivity contribution is -0.209. The van der Waals surface area contributed by atoms with Crippen molar-refractivity contribution in [1.29, 1.82) is 0 Å². The van der Waals surface area contributed by atoms with Gasteiger partial charge in [0.1, 0.15) is 12.2 Å². The van der Waals surface area contributed by atoms with Crippen LogP contribution in [0.3, 0.4) is 0 Å². The number of rotatable bonds is 2. The van der Waals surface area contributed by atoms with Crippen LogP contribution in [0.1, 0.15) is 12.8 Å². The van der Waals surface area contributed by atoms with E-state index in [4.69, 9.17) is 0 Å². The van der Waals surface area contributed by atoms with Crippen LogP contribution in [-0.2, 0) is 19.1 Å². The van der Waals surface area contributed by atoms with E-state index in [1.807, 2.05) is 0 Å². The van der Waals surface area contributed by atoms with Crippen LogP contribution in [0.4, 0.5) is 26.3 Å². The summed E-state index contributed by atoms with van der Waals surface area (Å²) in [4.78, 5) is 21.3. The zero-order valence-corrected chi connectivity index (χ0v) is 9.62. The van der Waals surface area contributed by atoms with Gasteiger partial charge in [-0.05, 0) is 6.42 Å². The van der Waals surface area contributed by atoms with E-state index < -0.39 is 48.3 Å². The average Bonchev–Trinajstić information content (AvgIpc) is 2.98. The van der Waals surface area contributed by atoms with E-state index in [2.05, 4.69) is 9.47 Å². The number of ether oxygens (including phenoxy) is 2. The van der Waals surface area contributed by atoms with Crippen molar-refractivity contribution in [3.63, 3.8) is 0 Å². The van der Waals surface area contributed by atoms with Crippen molar-refractivity contribution >= 4 is 11.9 Å². The minimum Gasteiger partial charge on any atom is -0.455 e. The lowest BCUT2D eigenvalue weighted by Gasteiger charge is -2.18. The van der Waals surface area contributed by atoms with Gasteiger partial charge in [-0.1, -0.05) is 0 Å². The van der Waals surface area contributed by atoms with Crippen molar-refractivity contribution in [3.05, 3.63) is 0 Å². The van der Waals surface area contributed by atoms with E-state index >= 15 is 0 Å². The van der Waals surface area contributed by atoms with E-state index in [-0.39, 0.29) is 12.8 Å². The van der Waals surface area contributed by atoms with Gasteiger partial charge in [-0.15, -0.1) is 0 Å². The van der Waals surface area contributed by atoms with E-state index in [1.165, 1.54) is 0 Å². The maximum atomic E-state index is 12.0. The molecule has 0 amide bonds. The molecule has 0 heterocycles. The van der Waals surface area contributed by atoms with Crippen LogP contribution >= 0.6 is 0 Å². The molecule has 0 aliphatic heterocycles. The topological polar surface area (TPSA) is 52.6 Å². The molecule has 114 valence electrons. The van der Waals surface area contributed by atoms with Crippen molar-refractivity contribution in [2.45, 2.75) is 37.4 Å². The van der Waals surface area contributed by atoms with Crippen LogP contribution in [0.2, 0.25) is 0 Å². The van der Waals surface area contributed by atoms with E-state index in [1.54, 1.807) is 0 Å². The Balaban J connectivity index is 1.90. The fourth-order valence-electron chi connectivity index (χ4n) is 2.35.